The first-order valence-electron chi connectivity index (χ1n) is 11.8. The predicted octanol–water partition coefficient (Wildman–Crippen LogP) is 4.46. The van der Waals surface area contributed by atoms with E-state index in [4.69, 9.17) is 4.74 Å². The normalized spacial score (nSPS) is 25.9. The Morgan fingerprint density at radius 3 is 2.30 bits per heavy atom. The van der Waals surface area contributed by atoms with Crippen LogP contribution in [0.15, 0.2) is 30.3 Å². The van der Waals surface area contributed by atoms with Gasteiger partial charge in [-0.05, 0) is 41.1 Å². The molecule has 2 fully saturated rings. The molecule has 1 aliphatic heterocycles. The second kappa shape index (κ2) is 8.99. The van der Waals surface area contributed by atoms with Crippen LogP contribution in [0.1, 0.15) is 66.4 Å². The van der Waals surface area contributed by atoms with E-state index in [0.717, 1.165) is 24.8 Å². The summed E-state index contributed by atoms with van der Waals surface area (Å²) in [5.41, 5.74) is -1.78. The van der Waals surface area contributed by atoms with Crippen LogP contribution in [0.3, 0.4) is 0 Å². The zero-order valence-corrected chi connectivity index (χ0v) is 20.7. The van der Waals surface area contributed by atoms with E-state index in [-0.39, 0.29) is 24.3 Å². The highest BCUT2D eigenvalue weighted by Gasteiger charge is 2.67. The molecule has 0 spiro atoms. The van der Waals surface area contributed by atoms with E-state index in [1.54, 1.807) is 4.90 Å². The highest BCUT2D eigenvalue weighted by molar-refractivity contribution is 5.93. The van der Waals surface area contributed by atoms with Crippen LogP contribution in [0.25, 0.3) is 0 Å². The van der Waals surface area contributed by atoms with Gasteiger partial charge < -0.3 is 20.1 Å². The summed E-state index contributed by atoms with van der Waals surface area (Å²) < 4.78 is 5.37. The highest BCUT2D eigenvalue weighted by atomic mass is 16.5. The molecule has 1 aromatic rings. The van der Waals surface area contributed by atoms with Crippen molar-refractivity contribution in [1.82, 2.24) is 10.2 Å². The van der Waals surface area contributed by atoms with Crippen molar-refractivity contribution in [2.24, 2.45) is 22.7 Å². The van der Waals surface area contributed by atoms with Crippen molar-refractivity contribution in [3.8, 4) is 0 Å². The topological polar surface area (TPSA) is 95.9 Å². The van der Waals surface area contributed by atoms with Gasteiger partial charge in [0, 0.05) is 6.54 Å². The summed E-state index contributed by atoms with van der Waals surface area (Å²) in [6, 6.07) is 8.40. The number of amides is 2. The smallest absolute Gasteiger partial charge is 0.408 e. The molecule has 1 saturated carbocycles. The van der Waals surface area contributed by atoms with Crippen molar-refractivity contribution < 1.29 is 24.2 Å². The Labute approximate surface area is 196 Å². The molecule has 1 aliphatic carbocycles. The first-order chi connectivity index (χ1) is 15.3. The average Bonchev–Trinajstić information content (AvgIpc) is 3.29. The molecular formula is C26H38N2O5. The van der Waals surface area contributed by atoms with Crippen LogP contribution in [0.5, 0.6) is 0 Å². The molecule has 4 atom stereocenters. The largest absolute Gasteiger partial charge is 0.479 e. The lowest BCUT2D eigenvalue weighted by molar-refractivity contribution is -0.170. The lowest BCUT2D eigenvalue weighted by Crippen LogP contribution is -2.67. The van der Waals surface area contributed by atoms with Crippen LogP contribution in [-0.4, -0.2) is 46.1 Å². The molecule has 2 amide bonds. The Bertz CT molecular complexity index is 886. The van der Waals surface area contributed by atoms with Gasteiger partial charge in [-0.2, -0.15) is 0 Å². The third-order valence-corrected chi connectivity index (χ3v) is 7.36. The Hall–Kier alpha value is -2.57. The van der Waals surface area contributed by atoms with E-state index in [2.05, 4.69) is 5.32 Å². The number of likely N-dealkylation sites (tertiary alicyclic amines) is 1. The summed E-state index contributed by atoms with van der Waals surface area (Å²) in [4.78, 5) is 41.1. The summed E-state index contributed by atoms with van der Waals surface area (Å²) in [7, 11) is 0. The summed E-state index contributed by atoms with van der Waals surface area (Å²) in [5.74, 6) is -1.25. The van der Waals surface area contributed by atoms with Gasteiger partial charge >= 0.3 is 12.1 Å². The number of ether oxygens (including phenoxy) is 1. The number of hydrogen-bond donors (Lipinski definition) is 2. The predicted molar refractivity (Wildman–Crippen MR) is 125 cm³/mol. The van der Waals surface area contributed by atoms with Crippen molar-refractivity contribution in [3.63, 3.8) is 0 Å². The van der Waals surface area contributed by atoms with Gasteiger partial charge in [0.05, 0.1) is 0 Å². The summed E-state index contributed by atoms with van der Waals surface area (Å²) >= 11 is 0. The van der Waals surface area contributed by atoms with Crippen LogP contribution in [-0.2, 0) is 20.9 Å². The standard InChI is InChI=1S/C26H38N2O5/c1-24(2,3)20(27-23(32)33-16-17-11-8-7-9-12-17)21(29)28-15-18-13-10-14-19(18)26(28,22(30)31)25(4,5)6/h7-9,11-12,18-20H,10,13-16H2,1-6H3,(H,27,32)(H,30,31)/t18-,19-,20+,26+/m0/s1. The zero-order valence-electron chi connectivity index (χ0n) is 20.7. The van der Waals surface area contributed by atoms with Crippen molar-refractivity contribution in [2.45, 2.75) is 79.0 Å². The molecule has 2 aliphatic rings. The van der Waals surface area contributed by atoms with Gasteiger partial charge in [0.1, 0.15) is 18.2 Å². The Balaban J connectivity index is 1.87. The van der Waals surface area contributed by atoms with Crippen molar-refractivity contribution in [2.75, 3.05) is 6.54 Å². The molecule has 1 saturated heterocycles. The third kappa shape index (κ3) is 4.59. The Kier molecular flexibility index (Phi) is 6.83. The van der Waals surface area contributed by atoms with Gasteiger partial charge in [0.15, 0.2) is 0 Å². The van der Waals surface area contributed by atoms with E-state index in [1.165, 1.54) is 0 Å². The zero-order chi connectivity index (χ0) is 24.6. The summed E-state index contributed by atoms with van der Waals surface area (Å²) in [5, 5.41) is 13.3. The maximum atomic E-state index is 14.0. The number of carboxylic acid groups (broad SMARTS) is 1. The minimum absolute atomic E-state index is 0.0899. The van der Waals surface area contributed by atoms with E-state index in [0.29, 0.717) is 6.54 Å². The van der Waals surface area contributed by atoms with Crippen molar-refractivity contribution in [3.05, 3.63) is 35.9 Å². The minimum Gasteiger partial charge on any atom is -0.479 e. The molecule has 3 rings (SSSR count). The van der Waals surface area contributed by atoms with Gasteiger partial charge in [-0.3, -0.25) is 4.79 Å². The lowest BCUT2D eigenvalue weighted by atomic mass is 9.65. The van der Waals surface area contributed by atoms with Gasteiger partial charge in [-0.1, -0.05) is 78.3 Å². The van der Waals surface area contributed by atoms with Crippen LogP contribution >= 0.6 is 0 Å². The quantitative estimate of drug-likeness (QED) is 0.679. The molecule has 33 heavy (non-hydrogen) atoms. The monoisotopic (exact) mass is 458 g/mol. The number of carbonyl (C=O) groups excluding carboxylic acids is 2. The second-order valence-corrected chi connectivity index (χ2v) is 11.6. The number of rotatable bonds is 5. The number of benzene rings is 1. The van der Waals surface area contributed by atoms with E-state index in [1.807, 2.05) is 71.9 Å². The second-order valence-electron chi connectivity index (χ2n) is 11.6. The van der Waals surface area contributed by atoms with Crippen LogP contribution in [0.2, 0.25) is 0 Å². The molecule has 0 aromatic heterocycles. The van der Waals surface area contributed by atoms with Gasteiger partial charge in [-0.15, -0.1) is 0 Å². The van der Waals surface area contributed by atoms with Crippen LogP contribution in [0.4, 0.5) is 4.79 Å². The maximum absolute atomic E-state index is 14.0. The van der Waals surface area contributed by atoms with Crippen molar-refractivity contribution in [1.29, 1.82) is 0 Å². The highest BCUT2D eigenvalue weighted by Crippen LogP contribution is 2.56. The van der Waals surface area contributed by atoms with Crippen molar-refractivity contribution >= 4 is 18.0 Å². The maximum Gasteiger partial charge on any atom is 0.408 e. The first-order valence-corrected chi connectivity index (χ1v) is 11.8. The molecule has 0 radical (unpaired) electrons. The number of nitrogens with zero attached hydrogens (tertiary/aromatic N) is 1. The minimum atomic E-state index is -1.32. The molecular weight excluding hydrogens is 420 g/mol. The van der Waals surface area contributed by atoms with Crippen LogP contribution < -0.4 is 5.32 Å². The Morgan fingerprint density at radius 2 is 1.76 bits per heavy atom. The fourth-order valence-electron chi connectivity index (χ4n) is 5.89. The number of alkyl carbamates (subject to hydrolysis) is 1. The van der Waals surface area contributed by atoms with Gasteiger partial charge in [-0.25, -0.2) is 9.59 Å². The number of fused-ring (bicyclic) bond motifs is 1. The SMILES string of the molecule is CC(C)(C)[C@H](NC(=O)OCc1ccccc1)C(=O)N1C[C@@H]2CCC[C@@H]2[C@@]1(C(=O)O)C(C)(C)C. The number of carboxylic acids is 1. The van der Waals surface area contributed by atoms with E-state index >= 15 is 0 Å². The molecule has 2 N–H and O–H groups in total. The number of hydrogen-bond acceptors (Lipinski definition) is 4. The molecule has 7 heteroatoms. The summed E-state index contributed by atoms with van der Waals surface area (Å²) in [6.45, 7) is 11.8. The molecule has 7 nitrogen and oxygen atoms in total. The first kappa shape index (κ1) is 25.1. The molecule has 0 bridgehead atoms. The fraction of sp³-hybridized carbons (Fsp3) is 0.654. The molecule has 0 unspecified atom stereocenters. The number of nitrogens with one attached hydrogen (secondary N) is 1. The van der Waals surface area contributed by atoms with Gasteiger partial charge in [0.25, 0.3) is 0 Å². The fourth-order valence-corrected chi connectivity index (χ4v) is 5.89. The van der Waals surface area contributed by atoms with E-state index in [9.17, 15) is 19.5 Å². The van der Waals surface area contributed by atoms with Gasteiger partial charge in [0.2, 0.25) is 5.91 Å². The lowest BCUT2D eigenvalue weighted by Gasteiger charge is -2.49. The third-order valence-electron chi connectivity index (χ3n) is 7.36. The van der Waals surface area contributed by atoms with Crippen LogP contribution in [0, 0.1) is 22.7 Å². The molecule has 1 heterocycles. The van der Waals surface area contributed by atoms with E-state index < -0.39 is 34.5 Å². The number of aliphatic carboxylic acids is 1. The molecule has 1 aromatic carbocycles. The number of carbonyl (C=O) groups is 3. The molecule has 182 valence electrons. The Morgan fingerprint density at radius 1 is 1.12 bits per heavy atom. The average molecular weight is 459 g/mol. The summed E-state index contributed by atoms with van der Waals surface area (Å²) in [6.07, 6.45) is 2.01.